The summed E-state index contributed by atoms with van der Waals surface area (Å²) >= 11 is 0. The maximum Gasteiger partial charge on any atom is 0.263 e. The van der Waals surface area contributed by atoms with E-state index in [4.69, 9.17) is 5.73 Å². The van der Waals surface area contributed by atoms with E-state index in [1.165, 1.54) is 0 Å². The van der Waals surface area contributed by atoms with Gasteiger partial charge in [0.2, 0.25) is 22.7 Å². The van der Waals surface area contributed by atoms with Crippen LogP contribution in [0.1, 0.15) is 31.7 Å². The summed E-state index contributed by atoms with van der Waals surface area (Å²) in [6.07, 6.45) is 0.578. The Morgan fingerprint density at radius 2 is 2.17 bits per heavy atom. The number of aliphatic hydroxyl groups is 1. The summed E-state index contributed by atoms with van der Waals surface area (Å²) in [6, 6.07) is 0. The van der Waals surface area contributed by atoms with E-state index >= 15 is 0 Å². The van der Waals surface area contributed by atoms with Gasteiger partial charge in [-0.3, -0.25) is 10.4 Å². The molecule has 3 N–H and O–H groups in total. The van der Waals surface area contributed by atoms with Gasteiger partial charge in [0.05, 0.1) is 5.92 Å². The summed E-state index contributed by atoms with van der Waals surface area (Å²) in [7, 11) is 0. The van der Waals surface area contributed by atoms with E-state index in [1.807, 2.05) is 0 Å². The van der Waals surface area contributed by atoms with Gasteiger partial charge in [-0.05, 0) is 4.90 Å². The minimum atomic E-state index is -1.61. The third-order valence-electron chi connectivity index (χ3n) is 4.29. The SMILES string of the molecule is C[C@H]1[C@]2(O)C(=[N+]([O-])[C@]1(C)N)CCc1c2no[n+]1[O-]. The summed E-state index contributed by atoms with van der Waals surface area (Å²) in [5.41, 5.74) is 3.74. The molecule has 0 unspecified atom stereocenters. The van der Waals surface area contributed by atoms with Gasteiger partial charge < -0.3 is 15.5 Å². The second-order valence-corrected chi connectivity index (χ2v) is 5.18. The molecule has 18 heavy (non-hydrogen) atoms. The lowest BCUT2D eigenvalue weighted by Crippen LogP contribution is -2.52. The Hall–Kier alpha value is -1.67. The highest BCUT2D eigenvalue weighted by molar-refractivity contribution is 5.92. The van der Waals surface area contributed by atoms with E-state index in [1.54, 1.807) is 13.8 Å². The van der Waals surface area contributed by atoms with Crippen LogP contribution >= 0.6 is 0 Å². The molecular formula is C10H14N4O4. The lowest BCUT2D eigenvalue weighted by molar-refractivity contribution is -0.808. The lowest BCUT2D eigenvalue weighted by atomic mass is 9.74. The molecule has 1 aromatic heterocycles. The predicted molar refractivity (Wildman–Crippen MR) is 58.1 cm³/mol. The third kappa shape index (κ3) is 1.01. The van der Waals surface area contributed by atoms with Crippen molar-refractivity contribution in [3.63, 3.8) is 0 Å². The van der Waals surface area contributed by atoms with Crippen molar-refractivity contribution in [3.8, 4) is 0 Å². The fourth-order valence-electron chi connectivity index (χ4n) is 2.93. The van der Waals surface area contributed by atoms with Crippen LogP contribution in [0.2, 0.25) is 0 Å². The molecule has 0 bridgehead atoms. The molecule has 0 saturated heterocycles. The molecule has 1 aromatic rings. The van der Waals surface area contributed by atoms with Crippen molar-refractivity contribution in [3.05, 3.63) is 21.8 Å². The molecule has 0 saturated carbocycles. The normalized spacial score (nSPS) is 38.8. The number of hydrogen-bond acceptors (Lipinski definition) is 6. The summed E-state index contributed by atoms with van der Waals surface area (Å²) in [4.78, 5) is 0.276. The van der Waals surface area contributed by atoms with Crippen LogP contribution in [-0.4, -0.2) is 26.4 Å². The monoisotopic (exact) mass is 254 g/mol. The molecule has 0 aromatic carbocycles. The zero-order chi connectivity index (χ0) is 13.3. The number of hydrogen-bond donors (Lipinski definition) is 2. The summed E-state index contributed by atoms with van der Waals surface area (Å²) in [6.45, 7) is 3.22. The topological polar surface area (TPSA) is 125 Å². The molecule has 2 aliphatic rings. The van der Waals surface area contributed by atoms with Gasteiger partial charge in [0.1, 0.15) is 0 Å². The van der Waals surface area contributed by atoms with Crippen LogP contribution in [0.15, 0.2) is 4.63 Å². The maximum atomic E-state index is 12.1. The van der Waals surface area contributed by atoms with E-state index in [2.05, 4.69) is 9.79 Å². The molecule has 1 aliphatic carbocycles. The van der Waals surface area contributed by atoms with Gasteiger partial charge in [0, 0.05) is 24.9 Å². The molecule has 2 heterocycles. The largest absolute Gasteiger partial charge is 0.622 e. The number of fused-ring (bicyclic) bond motifs is 3. The number of hydroxylamine groups is 1. The Morgan fingerprint density at radius 3 is 2.83 bits per heavy atom. The first-order valence-corrected chi connectivity index (χ1v) is 5.75. The van der Waals surface area contributed by atoms with Gasteiger partial charge in [-0.15, -0.1) is 0 Å². The summed E-state index contributed by atoms with van der Waals surface area (Å²) < 4.78 is 5.16. The molecule has 0 radical (unpaired) electrons. The standard InChI is InChI=1S/C10H14N4O4/c1-5-9(2,11)13(16)7-4-3-6-8(10(5,7)15)12-18-14(6)17/h5,15H,3-4,11H2,1-2H3/t5-,9+,10+/m1/s1. The first-order chi connectivity index (χ1) is 8.31. The van der Waals surface area contributed by atoms with Crippen LogP contribution < -0.4 is 10.6 Å². The van der Waals surface area contributed by atoms with Crippen molar-refractivity contribution < 1.29 is 19.4 Å². The molecule has 0 spiro atoms. The Kier molecular flexibility index (Phi) is 1.91. The quantitative estimate of drug-likeness (QED) is 0.438. The van der Waals surface area contributed by atoms with E-state index in [-0.39, 0.29) is 28.4 Å². The number of nitrogens with zero attached hydrogens (tertiary/aromatic N) is 3. The van der Waals surface area contributed by atoms with Crippen LogP contribution in [0.3, 0.4) is 0 Å². The van der Waals surface area contributed by atoms with Crippen molar-refractivity contribution >= 4 is 5.71 Å². The van der Waals surface area contributed by atoms with E-state index in [0.717, 1.165) is 0 Å². The van der Waals surface area contributed by atoms with E-state index in [0.29, 0.717) is 11.2 Å². The van der Waals surface area contributed by atoms with Crippen LogP contribution in [0.25, 0.3) is 0 Å². The molecule has 1 aliphatic heterocycles. The van der Waals surface area contributed by atoms with Gasteiger partial charge in [0.15, 0.2) is 0 Å². The number of nitrogens with two attached hydrogens (primary N) is 1. The Bertz CT molecular complexity index is 564. The lowest BCUT2D eigenvalue weighted by Gasteiger charge is -2.27. The van der Waals surface area contributed by atoms with Crippen molar-refractivity contribution in [2.75, 3.05) is 0 Å². The van der Waals surface area contributed by atoms with Gasteiger partial charge in [-0.25, -0.2) is 0 Å². The molecule has 98 valence electrons. The minimum Gasteiger partial charge on any atom is -0.622 e. The average Bonchev–Trinajstić information content (AvgIpc) is 2.75. The van der Waals surface area contributed by atoms with E-state index in [9.17, 15) is 15.5 Å². The van der Waals surface area contributed by atoms with Crippen molar-refractivity contribution in [2.24, 2.45) is 11.7 Å². The Labute approximate surface area is 102 Å². The Morgan fingerprint density at radius 1 is 1.50 bits per heavy atom. The number of rotatable bonds is 0. The highest BCUT2D eigenvalue weighted by Gasteiger charge is 2.67. The predicted octanol–water partition coefficient (Wildman–Crippen LogP) is -1.28. The van der Waals surface area contributed by atoms with Crippen molar-refractivity contribution in [1.82, 2.24) is 5.16 Å². The zero-order valence-electron chi connectivity index (χ0n) is 10.1. The van der Waals surface area contributed by atoms with Crippen molar-refractivity contribution in [2.45, 2.75) is 38.0 Å². The second-order valence-electron chi connectivity index (χ2n) is 5.18. The highest BCUT2D eigenvalue weighted by atomic mass is 16.8. The van der Waals surface area contributed by atoms with Gasteiger partial charge >= 0.3 is 0 Å². The van der Waals surface area contributed by atoms with Crippen molar-refractivity contribution in [1.29, 1.82) is 0 Å². The average molecular weight is 254 g/mol. The van der Waals surface area contributed by atoms with Crippen LogP contribution in [-0.2, 0) is 12.0 Å². The van der Waals surface area contributed by atoms with Crippen LogP contribution in [0.5, 0.6) is 0 Å². The zero-order valence-corrected chi connectivity index (χ0v) is 10.1. The number of aromatic nitrogens is 2. The fourth-order valence-corrected chi connectivity index (χ4v) is 2.93. The third-order valence-corrected chi connectivity index (χ3v) is 4.29. The summed E-state index contributed by atoms with van der Waals surface area (Å²) in [5, 5.41) is 38.0. The first kappa shape index (κ1) is 11.4. The smallest absolute Gasteiger partial charge is 0.263 e. The highest BCUT2D eigenvalue weighted by Crippen LogP contribution is 2.45. The second kappa shape index (κ2) is 3.01. The van der Waals surface area contributed by atoms with E-state index < -0.39 is 17.2 Å². The molecule has 8 heteroatoms. The first-order valence-electron chi connectivity index (χ1n) is 5.75. The van der Waals surface area contributed by atoms with Gasteiger partial charge in [-0.1, -0.05) is 6.92 Å². The maximum absolute atomic E-state index is 12.1. The van der Waals surface area contributed by atoms with Gasteiger partial charge in [-0.2, -0.15) is 4.74 Å². The molecule has 3 rings (SSSR count). The van der Waals surface area contributed by atoms with Crippen LogP contribution in [0.4, 0.5) is 0 Å². The molecular weight excluding hydrogens is 240 g/mol. The molecule has 0 fully saturated rings. The van der Waals surface area contributed by atoms with Gasteiger partial charge in [0.25, 0.3) is 5.69 Å². The summed E-state index contributed by atoms with van der Waals surface area (Å²) in [5.74, 6) is -0.596. The molecule has 0 amide bonds. The molecule has 3 atom stereocenters. The molecule has 8 nitrogen and oxygen atoms in total. The van der Waals surface area contributed by atoms with Crippen LogP contribution in [0, 0.1) is 16.3 Å². The fraction of sp³-hybridized carbons (Fsp3) is 0.700. The Balaban J connectivity index is 2.28. The minimum absolute atomic E-state index is 0.112.